The third kappa shape index (κ3) is 4.17. The molecule has 0 unspecified atom stereocenters. The van der Waals surface area contributed by atoms with Crippen LogP contribution in [0.3, 0.4) is 0 Å². The first-order valence-corrected chi connectivity index (χ1v) is 9.57. The second-order valence-corrected chi connectivity index (χ2v) is 6.96. The van der Waals surface area contributed by atoms with Gasteiger partial charge in [0.25, 0.3) is 0 Å². The maximum absolute atomic E-state index is 9.20. The normalized spacial score (nSPS) is 15.2. The summed E-state index contributed by atoms with van der Waals surface area (Å²) in [6.07, 6.45) is 6.58. The van der Waals surface area contributed by atoms with E-state index in [1.165, 1.54) is 11.3 Å². The zero-order valence-electron chi connectivity index (χ0n) is 15.4. The Hall–Kier alpha value is -2.73. The van der Waals surface area contributed by atoms with E-state index in [2.05, 4.69) is 33.2 Å². The molecule has 1 saturated heterocycles. The summed E-state index contributed by atoms with van der Waals surface area (Å²) in [5, 5.41) is 13.5. The molecule has 140 valence electrons. The molecule has 0 atom stereocenters. The van der Waals surface area contributed by atoms with Gasteiger partial charge in [-0.2, -0.15) is 5.10 Å². The summed E-state index contributed by atoms with van der Waals surface area (Å²) in [7, 11) is 0. The zero-order valence-corrected chi connectivity index (χ0v) is 15.4. The Kier molecular flexibility index (Phi) is 5.44. The molecule has 1 N–H and O–H groups in total. The Bertz CT molecular complexity index is 856. The number of nitrogens with zero attached hydrogens (tertiary/aromatic N) is 5. The number of aliphatic hydroxyl groups excluding tert-OH is 1. The van der Waals surface area contributed by atoms with E-state index in [9.17, 15) is 5.11 Å². The van der Waals surface area contributed by atoms with Gasteiger partial charge >= 0.3 is 0 Å². The van der Waals surface area contributed by atoms with Crippen molar-refractivity contribution in [1.82, 2.24) is 19.7 Å². The number of rotatable bonds is 6. The number of aliphatic hydroxyl groups is 1. The molecular formula is C21H25N5O. The monoisotopic (exact) mass is 363 g/mol. The van der Waals surface area contributed by atoms with Gasteiger partial charge in [0.15, 0.2) is 0 Å². The van der Waals surface area contributed by atoms with Crippen molar-refractivity contribution in [2.45, 2.75) is 31.7 Å². The average molecular weight is 363 g/mol. The Morgan fingerprint density at radius 3 is 2.59 bits per heavy atom. The molecule has 0 bridgehead atoms. The lowest BCUT2D eigenvalue weighted by Gasteiger charge is -2.33. The van der Waals surface area contributed by atoms with Crippen LogP contribution in [-0.2, 0) is 13.0 Å². The molecule has 1 fully saturated rings. The molecule has 0 aliphatic carbocycles. The Morgan fingerprint density at radius 1 is 1.00 bits per heavy atom. The number of hydrogen-bond donors (Lipinski definition) is 1. The van der Waals surface area contributed by atoms with Gasteiger partial charge in [0.05, 0.1) is 13.2 Å². The summed E-state index contributed by atoms with van der Waals surface area (Å²) in [5.41, 5.74) is 2.46. The quantitative estimate of drug-likeness (QED) is 0.729. The highest BCUT2D eigenvalue weighted by atomic mass is 16.3. The van der Waals surface area contributed by atoms with Gasteiger partial charge in [-0.15, -0.1) is 0 Å². The van der Waals surface area contributed by atoms with Crippen molar-refractivity contribution in [2.24, 2.45) is 0 Å². The van der Waals surface area contributed by atoms with Gasteiger partial charge in [-0.25, -0.2) is 9.97 Å². The van der Waals surface area contributed by atoms with E-state index in [1.807, 2.05) is 41.3 Å². The fourth-order valence-electron chi connectivity index (χ4n) is 3.80. The Labute approximate surface area is 159 Å². The van der Waals surface area contributed by atoms with Crippen LogP contribution >= 0.6 is 0 Å². The average Bonchev–Trinajstić information content (AvgIpc) is 3.18. The van der Waals surface area contributed by atoms with Crippen molar-refractivity contribution >= 4 is 5.82 Å². The number of anilines is 1. The van der Waals surface area contributed by atoms with Crippen LogP contribution in [0.25, 0.3) is 0 Å². The van der Waals surface area contributed by atoms with E-state index in [0.717, 1.165) is 44.0 Å². The minimum absolute atomic E-state index is 0.124. The van der Waals surface area contributed by atoms with Crippen LogP contribution < -0.4 is 4.90 Å². The van der Waals surface area contributed by atoms with E-state index < -0.39 is 0 Å². The SMILES string of the molecule is OCCn1nccc1C1CCN(c2ccnc(Cc3ccccc3)n2)CC1. The highest BCUT2D eigenvalue weighted by molar-refractivity contribution is 5.39. The maximum atomic E-state index is 9.20. The molecule has 3 heterocycles. The van der Waals surface area contributed by atoms with Gasteiger partial charge in [0.2, 0.25) is 0 Å². The molecule has 6 heteroatoms. The second-order valence-electron chi connectivity index (χ2n) is 6.96. The molecule has 4 rings (SSSR count). The molecule has 0 amide bonds. The van der Waals surface area contributed by atoms with Crippen LogP contribution in [0.2, 0.25) is 0 Å². The minimum atomic E-state index is 0.124. The van der Waals surface area contributed by atoms with E-state index in [0.29, 0.717) is 12.5 Å². The highest BCUT2D eigenvalue weighted by Crippen LogP contribution is 2.29. The lowest BCUT2D eigenvalue weighted by Crippen LogP contribution is -2.34. The second kappa shape index (κ2) is 8.31. The molecule has 2 aromatic heterocycles. The van der Waals surface area contributed by atoms with Crippen LogP contribution in [0, 0.1) is 0 Å². The summed E-state index contributed by atoms with van der Waals surface area (Å²) >= 11 is 0. The predicted molar refractivity (Wildman–Crippen MR) is 105 cm³/mol. The third-order valence-corrected chi connectivity index (χ3v) is 5.19. The summed E-state index contributed by atoms with van der Waals surface area (Å²) in [4.78, 5) is 11.6. The molecule has 0 saturated carbocycles. The zero-order chi connectivity index (χ0) is 18.5. The fraction of sp³-hybridized carbons (Fsp3) is 0.381. The summed E-state index contributed by atoms with van der Waals surface area (Å²) in [6, 6.07) is 14.4. The first-order valence-electron chi connectivity index (χ1n) is 9.57. The van der Waals surface area contributed by atoms with Gasteiger partial charge in [-0.1, -0.05) is 30.3 Å². The van der Waals surface area contributed by atoms with E-state index in [-0.39, 0.29) is 6.61 Å². The molecule has 3 aromatic rings. The lowest BCUT2D eigenvalue weighted by molar-refractivity contribution is 0.265. The summed E-state index contributed by atoms with van der Waals surface area (Å²) in [5.74, 6) is 2.36. The van der Waals surface area contributed by atoms with E-state index >= 15 is 0 Å². The van der Waals surface area contributed by atoms with Crippen LogP contribution in [-0.4, -0.2) is 44.6 Å². The minimum Gasteiger partial charge on any atom is -0.394 e. The van der Waals surface area contributed by atoms with Crippen molar-refractivity contribution in [1.29, 1.82) is 0 Å². The van der Waals surface area contributed by atoms with Crippen LogP contribution in [0.4, 0.5) is 5.82 Å². The van der Waals surface area contributed by atoms with E-state index in [1.54, 1.807) is 0 Å². The fourth-order valence-corrected chi connectivity index (χ4v) is 3.80. The number of aromatic nitrogens is 4. The first-order chi connectivity index (χ1) is 13.3. The smallest absolute Gasteiger partial charge is 0.135 e. The molecule has 0 spiro atoms. The number of hydrogen-bond acceptors (Lipinski definition) is 5. The molecular weight excluding hydrogens is 338 g/mol. The van der Waals surface area contributed by atoms with Gasteiger partial charge in [0.1, 0.15) is 11.6 Å². The molecule has 27 heavy (non-hydrogen) atoms. The van der Waals surface area contributed by atoms with Crippen molar-refractivity contribution in [3.05, 3.63) is 71.9 Å². The predicted octanol–water partition coefficient (Wildman–Crippen LogP) is 2.64. The van der Waals surface area contributed by atoms with Crippen LogP contribution in [0.5, 0.6) is 0 Å². The first kappa shape index (κ1) is 17.7. The topological polar surface area (TPSA) is 67.1 Å². The Balaban J connectivity index is 1.41. The molecule has 1 aliphatic heterocycles. The van der Waals surface area contributed by atoms with Gasteiger partial charge in [-0.05, 0) is 30.5 Å². The third-order valence-electron chi connectivity index (χ3n) is 5.19. The summed E-state index contributed by atoms with van der Waals surface area (Å²) in [6.45, 7) is 2.63. The number of piperidine rings is 1. The van der Waals surface area contributed by atoms with Crippen molar-refractivity contribution < 1.29 is 5.11 Å². The summed E-state index contributed by atoms with van der Waals surface area (Å²) < 4.78 is 1.93. The molecule has 6 nitrogen and oxygen atoms in total. The van der Waals surface area contributed by atoms with Crippen LogP contribution in [0.1, 0.15) is 35.8 Å². The molecule has 0 radical (unpaired) electrons. The van der Waals surface area contributed by atoms with Crippen LogP contribution in [0.15, 0.2) is 54.9 Å². The number of benzene rings is 1. The van der Waals surface area contributed by atoms with Gasteiger partial charge in [-0.3, -0.25) is 4.68 Å². The largest absolute Gasteiger partial charge is 0.394 e. The van der Waals surface area contributed by atoms with Crippen molar-refractivity contribution in [2.75, 3.05) is 24.6 Å². The lowest BCUT2D eigenvalue weighted by atomic mass is 9.93. The van der Waals surface area contributed by atoms with Gasteiger partial charge in [0, 0.05) is 43.5 Å². The van der Waals surface area contributed by atoms with Crippen molar-refractivity contribution in [3.8, 4) is 0 Å². The van der Waals surface area contributed by atoms with E-state index in [4.69, 9.17) is 4.98 Å². The van der Waals surface area contributed by atoms with Crippen molar-refractivity contribution in [3.63, 3.8) is 0 Å². The molecule has 1 aromatic carbocycles. The standard InChI is InChI=1S/C21H25N5O/c27-15-14-26-19(6-11-23-26)18-8-12-25(13-9-18)21-7-10-22-20(24-21)16-17-4-2-1-3-5-17/h1-7,10-11,18,27H,8-9,12-16H2. The highest BCUT2D eigenvalue weighted by Gasteiger charge is 2.24. The molecule has 1 aliphatic rings. The Morgan fingerprint density at radius 2 is 1.81 bits per heavy atom. The maximum Gasteiger partial charge on any atom is 0.135 e. The van der Waals surface area contributed by atoms with Gasteiger partial charge < -0.3 is 10.0 Å².